The van der Waals surface area contributed by atoms with Crippen LogP contribution in [0.2, 0.25) is 0 Å². The summed E-state index contributed by atoms with van der Waals surface area (Å²) < 4.78 is 1.17. The fourth-order valence-electron chi connectivity index (χ4n) is 5.04. The molecule has 4 N–H and O–H groups in total. The van der Waals surface area contributed by atoms with Crippen molar-refractivity contribution in [3.8, 4) is 0 Å². The zero-order chi connectivity index (χ0) is 32.6. The summed E-state index contributed by atoms with van der Waals surface area (Å²) in [6, 6.07) is 0.841. The van der Waals surface area contributed by atoms with Crippen molar-refractivity contribution < 1.29 is 28.8 Å². The predicted molar refractivity (Wildman–Crippen MR) is 166 cm³/mol. The van der Waals surface area contributed by atoms with Crippen LogP contribution in [0.1, 0.15) is 85.5 Å². The number of hydrogen-bond acceptors (Lipinski definition) is 7. The van der Waals surface area contributed by atoms with Crippen LogP contribution < -0.4 is 26.8 Å². The van der Waals surface area contributed by atoms with Gasteiger partial charge in [0, 0.05) is 39.2 Å². The highest BCUT2D eigenvalue weighted by atomic mass is 16.2. The van der Waals surface area contributed by atoms with Crippen LogP contribution in [0, 0.1) is 5.92 Å². The Bertz CT molecular complexity index is 1230. The van der Waals surface area contributed by atoms with Crippen LogP contribution in [0.4, 0.5) is 5.69 Å². The molecule has 1 aromatic rings. The van der Waals surface area contributed by atoms with E-state index in [1.54, 1.807) is 0 Å². The second kappa shape index (κ2) is 18.6. The molecular weight excluding hydrogens is 568 g/mol. The second-order valence-electron chi connectivity index (χ2n) is 11.2. The summed E-state index contributed by atoms with van der Waals surface area (Å²) in [5.74, 6) is -3.11. The van der Waals surface area contributed by atoms with Gasteiger partial charge in [-0.25, -0.2) is 0 Å². The van der Waals surface area contributed by atoms with Crippen molar-refractivity contribution in [2.45, 2.75) is 104 Å². The van der Waals surface area contributed by atoms with Crippen molar-refractivity contribution in [2.75, 3.05) is 25.0 Å². The molecule has 0 aromatic carbocycles. The molecule has 244 valence electrons. The van der Waals surface area contributed by atoms with Crippen LogP contribution in [-0.2, 0) is 35.3 Å². The highest BCUT2D eigenvalue weighted by Crippen LogP contribution is 2.18. The molecule has 1 aromatic heterocycles. The third kappa shape index (κ3) is 11.2. The summed E-state index contributed by atoms with van der Waals surface area (Å²) >= 11 is 0. The summed E-state index contributed by atoms with van der Waals surface area (Å²) in [4.78, 5) is 90.3. The molecule has 2 heterocycles. The van der Waals surface area contributed by atoms with Crippen LogP contribution in [0.15, 0.2) is 23.1 Å². The van der Waals surface area contributed by atoms with Gasteiger partial charge >= 0.3 is 0 Å². The van der Waals surface area contributed by atoms with E-state index < -0.39 is 41.1 Å². The van der Waals surface area contributed by atoms with Crippen molar-refractivity contribution in [1.82, 2.24) is 25.4 Å². The molecule has 0 bridgehead atoms. The van der Waals surface area contributed by atoms with E-state index in [1.807, 2.05) is 20.8 Å². The predicted octanol–water partition coefficient (Wildman–Crippen LogP) is 1.49. The first-order chi connectivity index (χ1) is 21.0. The second-order valence-corrected chi connectivity index (χ2v) is 11.2. The molecule has 0 aliphatic carbocycles. The van der Waals surface area contributed by atoms with Gasteiger partial charge in [0.25, 0.3) is 11.5 Å². The lowest BCUT2D eigenvalue weighted by Gasteiger charge is -2.25. The Morgan fingerprint density at radius 1 is 1.02 bits per heavy atom. The normalized spacial score (nSPS) is 15.0. The molecule has 13 heteroatoms. The van der Waals surface area contributed by atoms with E-state index in [0.717, 1.165) is 32.1 Å². The summed E-state index contributed by atoms with van der Waals surface area (Å²) in [6.07, 6.45) is 6.38. The average molecular weight is 617 g/mol. The average Bonchev–Trinajstić information content (AvgIpc) is 3.50. The molecule has 1 unspecified atom stereocenters. The Morgan fingerprint density at radius 2 is 1.75 bits per heavy atom. The molecule has 0 radical (unpaired) electrons. The molecule has 44 heavy (non-hydrogen) atoms. The van der Waals surface area contributed by atoms with Crippen LogP contribution in [0.3, 0.4) is 0 Å². The first kappa shape index (κ1) is 36.2. The number of anilines is 1. The molecule has 13 nitrogen and oxygen atoms in total. The fraction of sp³-hybridized carbons (Fsp3) is 0.645. The summed E-state index contributed by atoms with van der Waals surface area (Å²) in [6.45, 7) is 8.49. The minimum atomic E-state index is -1.27. The Balaban J connectivity index is 2.15. The number of ketones is 1. The van der Waals surface area contributed by atoms with Gasteiger partial charge in [0.15, 0.2) is 0 Å². The van der Waals surface area contributed by atoms with E-state index in [4.69, 9.17) is 0 Å². The largest absolute Gasteiger partial charge is 0.354 e. The zero-order valence-electron chi connectivity index (χ0n) is 26.4. The van der Waals surface area contributed by atoms with Gasteiger partial charge in [-0.1, -0.05) is 46.5 Å². The molecule has 5 amide bonds. The number of pyridine rings is 1. The zero-order valence-corrected chi connectivity index (χ0v) is 26.4. The van der Waals surface area contributed by atoms with Gasteiger partial charge in [-0.3, -0.25) is 33.6 Å². The Labute approximate surface area is 258 Å². The number of unbranched alkanes of at least 4 members (excludes halogenated alkanes) is 2. The maximum absolute atomic E-state index is 13.4. The number of rotatable bonds is 18. The van der Waals surface area contributed by atoms with Crippen LogP contribution in [0.5, 0.6) is 0 Å². The van der Waals surface area contributed by atoms with Gasteiger partial charge in [-0.15, -0.1) is 0 Å². The lowest BCUT2D eigenvalue weighted by Crippen LogP contribution is -2.52. The SMILES string of the molecule is CCCCCNC(=O)C(=O)CCC(NC(=O)[C@@H]1CCCN1C(C)=O)C(=O)Nc1cccn(CC(=O)NCC(CC)CC)c1=O. The van der Waals surface area contributed by atoms with Crippen LogP contribution in [-0.4, -0.2) is 76.5 Å². The molecule has 2 atom stereocenters. The van der Waals surface area contributed by atoms with E-state index in [1.165, 1.54) is 34.7 Å². The number of carbonyl (C=O) groups excluding carboxylic acids is 6. The minimum Gasteiger partial charge on any atom is -0.354 e. The minimum absolute atomic E-state index is 0.115. The van der Waals surface area contributed by atoms with Gasteiger partial charge in [0.2, 0.25) is 29.4 Å². The van der Waals surface area contributed by atoms with E-state index in [9.17, 15) is 33.6 Å². The molecule has 2 rings (SSSR count). The van der Waals surface area contributed by atoms with Crippen LogP contribution >= 0.6 is 0 Å². The van der Waals surface area contributed by atoms with E-state index >= 15 is 0 Å². The third-order valence-corrected chi connectivity index (χ3v) is 7.91. The first-order valence-corrected chi connectivity index (χ1v) is 15.7. The Hall–Kier alpha value is -4.03. The van der Waals surface area contributed by atoms with Crippen molar-refractivity contribution in [2.24, 2.45) is 5.92 Å². The Kier molecular flexibility index (Phi) is 15.3. The van der Waals surface area contributed by atoms with E-state index in [2.05, 4.69) is 21.3 Å². The number of Topliss-reactive ketones (excluding diaryl/α,β-unsaturated/α-hetero) is 1. The van der Waals surface area contributed by atoms with Crippen molar-refractivity contribution in [3.05, 3.63) is 28.7 Å². The summed E-state index contributed by atoms with van der Waals surface area (Å²) in [5, 5.41) is 10.5. The number of aromatic nitrogens is 1. The highest BCUT2D eigenvalue weighted by Gasteiger charge is 2.35. The molecule has 0 spiro atoms. The number of nitrogens with zero attached hydrogens (tertiary/aromatic N) is 2. The van der Waals surface area contributed by atoms with Crippen LogP contribution in [0.25, 0.3) is 0 Å². The van der Waals surface area contributed by atoms with E-state index in [0.29, 0.717) is 38.4 Å². The Morgan fingerprint density at radius 3 is 2.41 bits per heavy atom. The third-order valence-electron chi connectivity index (χ3n) is 7.91. The van der Waals surface area contributed by atoms with Gasteiger partial charge in [0.1, 0.15) is 24.3 Å². The fourth-order valence-corrected chi connectivity index (χ4v) is 5.04. The van der Waals surface area contributed by atoms with Gasteiger partial charge < -0.3 is 30.7 Å². The molecule has 1 aliphatic rings. The first-order valence-electron chi connectivity index (χ1n) is 15.7. The summed E-state index contributed by atoms with van der Waals surface area (Å²) in [7, 11) is 0. The maximum atomic E-state index is 13.4. The standard InChI is InChI=1S/C31H48N6O7/c1-5-8-9-16-32-30(43)26(39)15-14-23(34-29(42)25-13-11-18-37(25)21(4)38)28(41)35-24-12-10-17-36(31(24)44)20-27(40)33-19-22(6-2)7-3/h10,12,17,22-23,25H,5-9,11,13-16,18-20H2,1-4H3,(H,32,43)(H,33,40)(H,34,42)(H,35,41)/t23?,25-/m0/s1. The topological polar surface area (TPSA) is 176 Å². The molecule has 1 aliphatic heterocycles. The monoisotopic (exact) mass is 616 g/mol. The molecule has 1 fully saturated rings. The number of amides is 5. The summed E-state index contributed by atoms with van der Waals surface area (Å²) in [5.41, 5.74) is -0.736. The highest BCUT2D eigenvalue weighted by molar-refractivity contribution is 6.36. The lowest BCUT2D eigenvalue weighted by atomic mass is 10.0. The van der Waals surface area contributed by atoms with Gasteiger partial charge in [0.05, 0.1) is 0 Å². The number of likely N-dealkylation sites (tertiary alicyclic amines) is 1. The molecule has 0 saturated carbocycles. The van der Waals surface area contributed by atoms with Crippen molar-refractivity contribution in [1.29, 1.82) is 0 Å². The number of hydrogen-bond donors (Lipinski definition) is 4. The molecule has 1 saturated heterocycles. The van der Waals surface area contributed by atoms with Gasteiger partial charge in [-0.2, -0.15) is 0 Å². The maximum Gasteiger partial charge on any atom is 0.287 e. The van der Waals surface area contributed by atoms with Crippen molar-refractivity contribution >= 4 is 41.0 Å². The number of nitrogens with one attached hydrogen (secondary N) is 4. The van der Waals surface area contributed by atoms with Gasteiger partial charge in [-0.05, 0) is 43.7 Å². The van der Waals surface area contributed by atoms with Crippen molar-refractivity contribution in [3.63, 3.8) is 0 Å². The number of carbonyl (C=O) groups is 6. The quantitative estimate of drug-likeness (QED) is 0.143. The lowest BCUT2D eigenvalue weighted by molar-refractivity contribution is -0.139. The molecular formula is C31H48N6O7. The van der Waals surface area contributed by atoms with E-state index in [-0.39, 0.29) is 36.9 Å². The smallest absolute Gasteiger partial charge is 0.287 e.